The maximum absolute atomic E-state index is 3.87. The number of hydrogen-bond donors (Lipinski definition) is 1. The first kappa shape index (κ1) is 22.4. The van der Waals surface area contributed by atoms with Crippen molar-refractivity contribution in [3.63, 3.8) is 0 Å². The van der Waals surface area contributed by atoms with Gasteiger partial charge in [-0.05, 0) is 76.6 Å². The Kier molecular flexibility index (Phi) is 5.30. The summed E-state index contributed by atoms with van der Waals surface area (Å²) in [6, 6.07) is 39.6. The molecule has 1 nitrogen and oxygen atoms in total. The van der Waals surface area contributed by atoms with Crippen molar-refractivity contribution in [3.8, 4) is 33.4 Å². The molecule has 0 spiro atoms. The minimum atomic E-state index is -0.0167. The van der Waals surface area contributed by atoms with Gasteiger partial charge in [0, 0.05) is 27.9 Å². The average Bonchev–Trinajstić information content (AvgIpc) is 3.13. The van der Waals surface area contributed by atoms with E-state index in [1.807, 2.05) is 0 Å². The lowest BCUT2D eigenvalue weighted by Crippen LogP contribution is -2.14. The lowest BCUT2D eigenvalue weighted by atomic mass is 9.82. The van der Waals surface area contributed by atoms with Crippen molar-refractivity contribution in [3.05, 3.63) is 131 Å². The van der Waals surface area contributed by atoms with Gasteiger partial charge in [-0.3, -0.25) is 0 Å². The Morgan fingerprint density at radius 2 is 1.11 bits per heavy atom. The van der Waals surface area contributed by atoms with E-state index < -0.39 is 0 Å². The first-order valence-electron chi connectivity index (χ1n) is 12.7. The van der Waals surface area contributed by atoms with Gasteiger partial charge in [-0.25, -0.2) is 0 Å². The summed E-state index contributed by atoms with van der Waals surface area (Å²) in [5.41, 5.74) is 15.2. The minimum Gasteiger partial charge on any atom is -0.355 e. The van der Waals surface area contributed by atoms with Crippen LogP contribution in [0.25, 0.3) is 33.4 Å². The molecule has 1 aliphatic carbocycles. The minimum absolute atomic E-state index is 0.0167. The number of hydrogen-bond acceptors (Lipinski definition) is 1. The fraction of sp³-hybridized carbons (Fsp3) is 0.143. The van der Waals surface area contributed by atoms with E-state index in [0.717, 1.165) is 11.4 Å². The summed E-state index contributed by atoms with van der Waals surface area (Å²) in [7, 11) is 0. The van der Waals surface area contributed by atoms with E-state index in [1.54, 1.807) is 0 Å². The molecule has 5 aromatic rings. The summed E-state index contributed by atoms with van der Waals surface area (Å²) >= 11 is 0. The highest BCUT2D eigenvalue weighted by atomic mass is 14.9. The Bertz CT molecular complexity index is 1610. The zero-order valence-corrected chi connectivity index (χ0v) is 21.4. The van der Waals surface area contributed by atoms with Crippen LogP contribution in [0.3, 0.4) is 0 Å². The summed E-state index contributed by atoms with van der Waals surface area (Å²) < 4.78 is 0. The van der Waals surface area contributed by atoms with Gasteiger partial charge in [-0.2, -0.15) is 0 Å². The van der Waals surface area contributed by atoms with Gasteiger partial charge < -0.3 is 5.32 Å². The standard InChI is InChI=1S/C35H31N/c1-23-12-5-7-14-26(23)25-20-21-32(29(22-25)27-15-8-6-13-24(27)2)36-33-19-11-18-31-34(33)28-16-9-10-17-30(28)35(31,3)4/h5-22,36H,1-4H3. The van der Waals surface area contributed by atoms with Crippen LogP contribution in [0.2, 0.25) is 0 Å². The third-order valence-corrected chi connectivity index (χ3v) is 7.79. The fourth-order valence-corrected chi connectivity index (χ4v) is 5.82. The molecule has 0 fully saturated rings. The number of nitrogens with one attached hydrogen (secondary N) is 1. The molecule has 0 aliphatic heterocycles. The predicted molar refractivity (Wildman–Crippen MR) is 154 cm³/mol. The zero-order valence-electron chi connectivity index (χ0n) is 21.4. The SMILES string of the molecule is Cc1ccccc1-c1ccc(Nc2cccc3c2-c2ccccc2C3(C)C)c(-c2ccccc2C)c1. The Labute approximate surface area is 214 Å². The summed E-state index contributed by atoms with van der Waals surface area (Å²) in [5.74, 6) is 0. The lowest BCUT2D eigenvalue weighted by Gasteiger charge is -2.22. The van der Waals surface area contributed by atoms with Crippen LogP contribution in [0.15, 0.2) is 109 Å². The quantitative estimate of drug-likeness (QED) is 0.278. The van der Waals surface area contributed by atoms with Crippen LogP contribution in [0.5, 0.6) is 0 Å². The van der Waals surface area contributed by atoms with Crippen molar-refractivity contribution in [2.45, 2.75) is 33.1 Å². The van der Waals surface area contributed by atoms with Crippen LogP contribution in [-0.2, 0) is 5.41 Å². The molecule has 6 rings (SSSR count). The molecule has 36 heavy (non-hydrogen) atoms. The molecule has 0 aromatic heterocycles. The Hall–Kier alpha value is -4.10. The van der Waals surface area contributed by atoms with Gasteiger partial charge in [0.25, 0.3) is 0 Å². The van der Waals surface area contributed by atoms with Crippen LogP contribution in [0.4, 0.5) is 11.4 Å². The third-order valence-electron chi connectivity index (χ3n) is 7.79. The summed E-state index contributed by atoms with van der Waals surface area (Å²) in [6.07, 6.45) is 0. The molecular formula is C35H31N. The molecule has 0 saturated carbocycles. The van der Waals surface area contributed by atoms with Gasteiger partial charge in [-0.15, -0.1) is 0 Å². The van der Waals surface area contributed by atoms with Gasteiger partial charge in [-0.1, -0.05) is 105 Å². The number of benzene rings is 5. The molecule has 1 aliphatic rings. The fourth-order valence-electron chi connectivity index (χ4n) is 5.82. The van der Waals surface area contributed by atoms with Crippen molar-refractivity contribution in [2.75, 3.05) is 5.32 Å². The van der Waals surface area contributed by atoms with Crippen LogP contribution >= 0.6 is 0 Å². The highest BCUT2D eigenvalue weighted by Crippen LogP contribution is 2.52. The highest BCUT2D eigenvalue weighted by molar-refractivity contribution is 5.94. The van der Waals surface area contributed by atoms with Crippen molar-refractivity contribution in [1.82, 2.24) is 0 Å². The van der Waals surface area contributed by atoms with Gasteiger partial charge >= 0.3 is 0 Å². The van der Waals surface area contributed by atoms with Crippen molar-refractivity contribution in [1.29, 1.82) is 0 Å². The average molecular weight is 466 g/mol. The van der Waals surface area contributed by atoms with E-state index in [2.05, 4.69) is 142 Å². The Balaban J connectivity index is 1.53. The van der Waals surface area contributed by atoms with E-state index in [1.165, 1.54) is 55.6 Å². The van der Waals surface area contributed by atoms with Crippen LogP contribution < -0.4 is 5.32 Å². The van der Waals surface area contributed by atoms with Crippen LogP contribution in [0, 0.1) is 13.8 Å². The topological polar surface area (TPSA) is 12.0 Å². The molecule has 0 unspecified atom stereocenters. The van der Waals surface area contributed by atoms with Gasteiger partial charge in [0.05, 0.1) is 0 Å². The summed E-state index contributed by atoms with van der Waals surface area (Å²) in [5, 5.41) is 3.87. The largest absolute Gasteiger partial charge is 0.355 e. The molecule has 0 amide bonds. The molecule has 0 bridgehead atoms. The summed E-state index contributed by atoms with van der Waals surface area (Å²) in [4.78, 5) is 0. The van der Waals surface area contributed by atoms with E-state index >= 15 is 0 Å². The second-order valence-corrected chi connectivity index (χ2v) is 10.4. The van der Waals surface area contributed by atoms with Crippen molar-refractivity contribution < 1.29 is 0 Å². The van der Waals surface area contributed by atoms with Gasteiger partial charge in [0.1, 0.15) is 0 Å². The number of fused-ring (bicyclic) bond motifs is 3. The van der Waals surface area contributed by atoms with Gasteiger partial charge in [0.15, 0.2) is 0 Å². The predicted octanol–water partition coefficient (Wildman–Crippen LogP) is 9.69. The van der Waals surface area contributed by atoms with E-state index in [9.17, 15) is 0 Å². The number of rotatable bonds is 4. The van der Waals surface area contributed by atoms with Crippen LogP contribution in [-0.4, -0.2) is 0 Å². The highest BCUT2D eigenvalue weighted by Gasteiger charge is 2.36. The maximum atomic E-state index is 3.87. The molecule has 5 aromatic carbocycles. The Morgan fingerprint density at radius 1 is 0.500 bits per heavy atom. The van der Waals surface area contributed by atoms with Crippen LogP contribution in [0.1, 0.15) is 36.1 Å². The van der Waals surface area contributed by atoms with Crippen molar-refractivity contribution in [2.24, 2.45) is 0 Å². The first-order chi connectivity index (χ1) is 17.4. The normalized spacial score (nSPS) is 13.2. The van der Waals surface area contributed by atoms with E-state index in [4.69, 9.17) is 0 Å². The molecular weight excluding hydrogens is 434 g/mol. The zero-order chi connectivity index (χ0) is 24.9. The molecule has 0 saturated heterocycles. The second-order valence-electron chi connectivity index (χ2n) is 10.4. The number of anilines is 2. The third kappa shape index (κ3) is 3.55. The molecule has 0 atom stereocenters. The first-order valence-corrected chi connectivity index (χ1v) is 12.7. The molecule has 1 N–H and O–H groups in total. The second kappa shape index (κ2) is 8.53. The maximum Gasteiger partial charge on any atom is 0.0467 e. The lowest BCUT2D eigenvalue weighted by molar-refractivity contribution is 0.660. The Morgan fingerprint density at radius 3 is 1.83 bits per heavy atom. The molecule has 0 heterocycles. The smallest absolute Gasteiger partial charge is 0.0467 e. The monoisotopic (exact) mass is 465 g/mol. The molecule has 176 valence electrons. The molecule has 0 radical (unpaired) electrons. The van der Waals surface area contributed by atoms with Gasteiger partial charge in [0.2, 0.25) is 0 Å². The van der Waals surface area contributed by atoms with E-state index in [0.29, 0.717) is 0 Å². The van der Waals surface area contributed by atoms with Crippen molar-refractivity contribution >= 4 is 11.4 Å². The number of aryl methyl sites for hydroxylation is 2. The molecule has 1 heteroatoms. The van der Waals surface area contributed by atoms with E-state index in [-0.39, 0.29) is 5.41 Å². The summed E-state index contributed by atoms with van der Waals surface area (Å²) in [6.45, 7) is 9.04.